The largest absolute Gasteiger partial charge is 0.461 e. The van der Waals surface area contributed by atoms with Crippen molar-refractivity contribution in [1.29, 1.82) is 0 Å². The Labute approximate surface area is 268 Å². The van der Waals surface area contributed by atoms with Crippen LogP contribution in [0.1, 0.15) is 72.9 Å². The van der Waals surface area contributed by atoms with Crippen LogP contribution < -0.4 is 5.32 Å². The molecule has 1 aromatic carbocycles. The number of esters is 2. The van der Waals surface area contributed by atoms with Crippen LogP contribution in [0.25, 0.3) is 0 Å². The molecule has 2 saturated carbocycles. The first-order valence-electron chi connectivity index (χ1n) is 15.7. The first kappa shape index (κ1) is 34.2. The molecule has 46 heavy (non-hydrogen) atoms. The Kier molecular flexibility index (Phi) is 8.56. The highest BCUT2D eigenvalue weighted by atomic mass is 16.6. The fourth-order valence-corrected chi connectivity index (χ4v) is 8.67. The average Bonchev–Trinajstić information content (AvgIpc) is 2.98. The number of carbonyl (C=O) groups excluding carboxylic acids is 4. The van der Waals surface area contributed by atoms with Gasteiger partial charge >= 0.3 is 11.9 Å². The van der Waals surface area contributed by atoms with Gasteiger partial charge in [0.15, 0.2) is 11.9 Å². The Hall–Kier alpha value is -3.16. The van der Waals surface area contributed by atoms with Gasteiger partial charge in [0.1, 0.15) is 23.9 Å². The molecule has 5 N–H and O–H groups in total. The van der Waals surface area contributed by atoms with Crippen LogP contribution in [0.3, 0.4) is 0 Å². The van der Waals surface area contributed by atoms with E-state index in [9.17, 15) is 39.6 Å². The lowest BCUT2D eigenvalue weighted by atomic mass is 9.42. The molecule has 5 rings (SSSR count). The number of carbonyl (C=O) groups is 4. The maximum Gasteiger partial charge on any atom is 0.338 e. The summed E-state index contributed by atoms with van der Waals surface area (Å²) in [6, 6.07) is 7.31. The molecular weight excluding hydrogens is 598 g/mol. The van der Waals surface area contributed by atoms with Gasteiger partial charge in [-0.15, -0.1) is 0 Å². The minimum atomic E-state index is -1.82. The van der Waals surface area contributed by atoms with Gasteiger partial charge in [0.05, 0.1) is 30.3 Å². The van der Waals surface area contributed by atoms with Gasteiger partial charge in [-0.3, -0.25) is 14.4 Å². The Bertz CT molecular complexity index is 1460. The zero-order valence-corrected chi connectivity index (χ0v) is 27.3. The summed E-state index contributed by atoms with van der Waals surface area (Å²) in [5.41, 5.74) is -4.61. The third-order valence-corrected chi connectivity index (χ3v) is 11.6. The first-order chi connectivity index (χ1) is 21.3. The Balaban J connectivity index is 1.63. The van der Waals surface area contributed by atoms with E-state index >= 15 is 0 Å². The van der Waals surface area contributed by atoms with E-state index in [1.54, 1.807) is 58.0 Å². The summed E-state index contributed by atoms with van der Waals surface area (Å²) in [6.07, 6.45) is -8.11. The van der Waals surface area contributed by atoms with E-state index in [1.807, 2.05) is 0 Å². The summed E-state index contributed by atoms with van der Waals surface area (Å²) < 4.78 is 17.6. The summed E-state index contributed by atoms with van der Waals surface area (Å²) >= 11 is 0. The van der Waals surface area contributed by atoms with Crippen molar-refractivity contribution >= 4 is 23.6 Å². The standard InChI is InChI=1S/C34H45NO11/c1-16-20(46-30(42)26(40)24(35-17(2)36)19-11-9-8-10-12-19)14-32(6)29(45-18(3)37)27-33(7,21(38)13-22-34(27,43)15-44-22)28(41)25(39)23(16)31(32,4)5/h8-12,20-22,24-27,29,38-40,43H,13-15H2,1-7H3,(H,35,36)/t20?,21?,22?,24?,25?,26?,27?,29?,32?,33-,34?/m1/s1. The topological polar surface area (TPSA) is 189 Å². The molecule has 3 fully saturated rings. The van der Waals surface area contributed by atoms with Crippen molar-refractivity contribution < 1.29 is 53.8 Å². The monoisotopic (exact) mass is 643 g/mol. The number of Topliss-reactive ketones (excluding diaryl/α,β-unsaturated/α-hetero) is 1. The maximum absolute atomic E-state index is 14.4. The van der Waals surface area contributed by atoms with Crippen LogP contribution in [0.2, 0.25) is 0 Å². The van der Waals surface area contributed by atoms with E-state index in [4.69, 9.17) is 14.2 Å². The van der Waals surface area contributed by atoms with Gasteiger partial charge in [-0.05, 0) is 42.4 Å². The van der Waals surface area contributed by atoms with Gasteiger partial charge in [0.2, 0.25) is 5.91 Å². The molecule has 252 valence electrons. The molecule has 1 heterocycles. The summed E-state index contributed by atoms with van der Waals surface area (Å²) in [5, 5.41) is 49.2. The number of hydrogen-bond acceptors (Lipinski definition) is 11. The van der Waals surface area contributed by atoms with E-state index in [0.717, 1.165) is 0 Å². The van der Waals surface area contributed by atoms with E-state index in [0.29, 0.717) is 11.1 Å². The minimum Gasteiger partial charge on any atom is -0.461 e. The first-order valence-corrected chi connectivity index (χ1v) is 15.7. The maximum atomic E-state index is 14.4. The Morgan fingerprint density at radius 1 is 1.04 bits per heavy atom. The summed E-state index contributed by atoms with van der Waals surface area (Å²) in [7, 11) is 0. The zero-order valence-electron chi connectivity index (χ0n) is 27.3. The molecule has 0 aromatic heterocycles. The van der Waals surface area contributed by atoms with Crippen LogP contribution in [-0.2, 0) is 33.4 Å². The number of amides is 1. The van der Waals surface area contributed by atoms with Crippen molar-refractivity contribution in [3.8, 4) is 0 Å². The predicted octanol–water partition coefficient (Wildman–Crippen LogP) is 1.28. The molecule has 10 unspecified atom stereocenters. The second-order valence-corrected chi connectivity index (χ2v) is 14.4. The number of nitrogens with one attached hydrogen (secondary N) is 1. The molecule has 3 aliphatic carbocycles. The highest BCUT2D eigenvalue weighted by molar-refractivity contribution is 5.93. The fourth-order valence-electron chi connectivity index (χ4n) is 8.67. The van der Waals surface area contributed by atoms with Crippen molar-refractivity contribution in [3.05, 3.63) is 47.0 Å². The van der Waals surface area contributed by atoms with E-state index in [-0.39, 0.29) is 25.0 Å². The van der Waals surface area contributed by atoms with Gasteiger partial charge in [0, 0.05) is 31.6 Å². The van der Waals surface area contributed by atoms with Crippen LogP contribution in [0.5, 0.6) is 0 Å². The molecule has 4 aliphatic rings. The number of hydrogen-bond donors (Lipinski definition) is 5. The van der Waals surface area contributed by atoms with Crippen molar-refractivity contribution in [2.45, 2.75) is 110 Å². The fraction of sp³-hybridized carbons (Fsp3) is 0.647. The van der Waals surface area contributed by atoms with E-state index < -0.39 is 94.1 Å². The molecule has 12 heteroatoms. The highest BCUT2D eigenvalue weighted by Crippen LogP contribution is 2.66. The van der Waals surface area contributed by atoms with Crippen LogP contribution >= 0.6 is 0 Å². The Morgan fingerprint density at radius 3 is 2.22 bits per heavy atom. The SMILES string of the molecule is CC(=O)NC(c1ccccc1)C(O)C(=O)OC1CC2(C)C(OC(C)=O)C3C4(O)COC4CC(O)[C@@]3(C)C(=O)C(O)C(=C1C)C2(C)C. The number of rotatable bonds is 6. The number of ether oxygens (including phenoxy) is 3. The third-order valence-electron chi connectivity index (χ3n) is 11.6. The molecule has 1 amide bonds. The third kappa shape index (κ3) is 4.92. The molecule has 2 bridgehead atoms. The molecule has 1 aliphatic heterocycles. The quantitative estimate of drug-likeness (QED) is 0.222. The molecule has 0 radical (unpaired) electrons. The highest BCUT2D eigenvalue weighted by Gasteiger charge is 2.75. The molecule has 1 saturated heterocycles. The number of ketones is 1. The van der Waals surface area contributed by atoms with Crippen molar-refractivity contribution in [2.75, 3.05) is 6.61 Å². The molecule has 0 spiro atoms. The summed E-state index contributed by atoms with van der Waals surface area (Å²) in [6.45, 7) is 10.8. The normalized spacial score (nSPS) is 39.3. The summed E-state index contributed by atoms with van der Waals surface area (Å²) in [4.78, 5) is 52.8. The number of benzene rings is 1. The van der Waals surface area contributed by atoms with Gasteiger partial charge in [-0.1, -0.05) is 51.1 Å². The van der Waals surface area contributed by atoms with Crippen molar-refractivity contribution in [1.82, 2.24) is 5.32 Å². The van der Waals surface area contributed by atoms with Gasteiger partial charge < -0.3 is 40.0 Å². The second kappa shape index (κ2) is 11.5. The average molecular weight is 644 g/mol. The summed E-state index contributed by atoms with van der Waals surface area (Å²) in [5.74, 6) is -4.17. The Morgan fingerprint density at radius 2 is 1.67 bits per heavy atom. The lowest BCUT2D eigenvalue weighted by Crippen LogP contribution is -2.79. The van der Waals surface area contributed by atoms with Crippen LogP contribution in [-0.4, -0.2) is 92.9 Å². The lowest BCUT2D eigenvalue weighted by molar-refractivity contribution is -0.339. The number of fused-ring (bicyclic) bond motifs is 5. The van der Waals surface area contributed by atoms with Crippen molar-refractivity contribution in [3.63, 3.8) is 0 Å². The zero-order chi connectivity index (χ0) is 34.1. The lowest BCUT2D eigenvalue weighted by Gasteiger charge is -2.67. The van der Waals surface area contributed by atoms with Gasteiger partial charge in [-0.25, -0.2) is 4.79 Å². The molecule has 12 nitrogen and oxygen atoms in total. The predicted molar refractivity (Wildman–Crippen MR) is 162 cm³/mol. The smallest absolute Gasteiger partial charge is 0.338 e. The van der Waals surface area contributed by atoms with E-state index in [2.05, 4.69) is 5.32 Å². The molecular formula is C34H45NO11. The molecule has 1 aromatic rings. The van der Waals surface area contributed by atoms with Crippen LogP contribution in [0.4, 0.5) is 0 Å². The molecule has 11 atom stereocenters. The van der Waals surface area contributed by atoms with Gasteiger partial charge in [0.25, 0.3) is 0 Å². The minimum absolute atomic E-state index is 0.00701. The van der Waals surface area contributed by atoms with Crippen LogP contribution in [0.15, 0.2) is 41.5 Å². The van der Waals surface area contributed by atoms with Gasteiger partial charge in [-0.2, -0.15) is 0 Å². The van der Waals surface area contributed by atoms with Crippen molar-refractivity contribution in [2.24, 2.45) is 22.2 Å². The van der Waals surface area contributed by atoms with E-state index in [1.165, 1.54) is 20.8 Å². The number of aliphatic hydroxyl groups excluding tert-OH is 3. The van der Waals surface area contributed by atoms with Crippen LogP contribution in [0, 0.1) is 22.2 Å². The second-order valence-electron chi connectivity index (χ2n) is 14.4. The number of aliphatic hydroxyl groups is 4.